The smallest absolute Gasteiger partial charge is 0.176 e. The Morgan fingerprint density at radius 3 is 2.87 bits per heavy atom. The Morgan fingerprint density at radius 1 is 1.13 bits per heavy atom. The third-order valence-corrected chi connectivity index (χ3v) is 5.94. The predicted molar refractivity (Wildman–Crippen MR) is 114 cm³/mol. The second-order valence-corrected chi connectivity index (χ2v) is 8.01. The first-order valence-electron chi connectivity index (χ1n) is 9.24. The minimum absolute atomic E-state index is 0.212. The summed E-state index contributed by atoms with van der Waals surface area (Å²) in [4.78, 5) is 13.4. The van der Waals surface area contributed by atoms with E-state index in [-0.39, 0.29) is 5.13 Å². The number of halogens is 1. The molecular formula is C21H14FN7S. The second kappa shape index (κ2) is 6.33. The van der Waals surface area contributed by atoms with Gasteiger partial charge in [0, 0.05) is 40.8 Å². The largest absolute Gasteiger partial charge is 0.338 e. The summed E-state index contributed by atoms with van der Waals surface area (Å²) in [5.41, 5.74) is 6.50. The third-order valence-electron chi connectivity index (χ3n) is 5.03. The van der Waals surface area contributed by atoms with Gasteiger partial charge in [-0.2, -0.15) is 14.6 Å². The second-order valence-electron chi connectivity index (χ2n) is 6.98. The summed E-state index contributed by atoms with van der Waals surface area (Å²) in [6, 6.07) is 11.0. The van der Waals surface area contributed by atoms with Crippen LogP contribution in [0.1, 0.15) is 0 Å². The van der Waals surface area contributed by atoms with Crippen LogP contribution < -0.4 is 0 Å². The van der Waals surface area contributed by atoms with Gasteiger partial charge in [-0.3, -0.25) is 9.78 Å². The van der Waals surface area contributed by atoms with E-state index in [9.17, 15) is 4.39 Å². The fourth-order valence-electron chi connectivity index (χ4n) is 3.63. The lowest BCUT2D eigenvalue weighted by atomic mass is 10.1. The van der Waals surface area contributed by atoms with E-state index in [1.165, 1.54) is 6.07 Å². The zero-order valence-electron chi connectivity index (χ0n) is 15.7. The molecule has 9 heteroatoms. The molecule has 0 unspecified atom stereocenters. The molecule has 0 spiro atoms. The van der Waals surface area contributed by atoms with Crippen LogP contribution in [0.25, 0.3) is 55.2 Å². The van der Waals surface area contributed by atoms with Crippen LogP contribution in [0.2, 0.25) is 0 Å². The number of nitrogens with one attached hydrogen (secondary N) is 2. The number of aromatic amines is 2. The lowest BCUT2D eigenvalue weighted by molar-refractivity contribution is 0.657. The average Bonchev–Trinajstić information content (AvgIpc) is 3.52. The molecule has 30 heavy (non-hydrogen) atoms. The van der Waals surface area contributed by atoms with E-state index in [4.69, 9.17) is 4.98 Å². The number of pyridine rings is 2. The van der Waals surface area contributed by atoms with Crippen LogP contribution in [0.15, 0.2) is 55.0 Å². The van der Waals surface area contributed by atoms with Crippen LogP contribution in [0.3, 0.4) is 0 Å². The third kappa shape index (κ3) is 2.63. The number of hydrogen-bond acceptors (Lipinski definition) is 5. The fourth-order valence-corrected chi connectivity index (χ4v) is 4.40. The van der Waals surface area contributed by atoms with E-state index in [0.29, 0.717) is 5.69 Å². The standard InChI is InChI=1S/C21H14FN7S/c1-29-10-11(9-24-29)14-2-3-15-19(25-14)20(28-27-15)16-8-13-12(6-7-23-21(13)26-16)17-4-5-18(22)30-17/h2-10H,1H3,(H,23,26)(H,27,28). The van der Waals surface area contributed by atoms with Crippen molar-refractivity contribution in [1.29, 1.82) is 0 Å². The predicted octanol–water partition coefficient (Wildman–Crippen LogP) is 4.77. The Hall–Kier alpha value is -3.85. The Kier molecular flexibility index (Phi) is 3.59. The lowest BCUT2D eigenvalue weighted by Gasteiger charge is -1.98. The molecule has 7 nitrogen and oxygen atoms in total. The molecule has 0 aliphatic carbocycles. The first-order valence-corrected chi connectivity index (χ1v) is 10.1. The number of hydrogen-bond donors (Lipinski definition) is 2. The van der Waals surface area contributed by atoms with Crippen molar-refractivity contribution >= 4 is 33.4 Å². The van der Waals surface area contributed by atoms with Crippen LogP contribution in [0, 0.1) is 5.13 Å². The minimum atomic E-state index is -0.212. The molecule has 0 atom stereocenters. The normalized spacial score (nSPS) is 11.7. The molecule has 146 valence electrons. The van der Waals surface area contributed by atoms with E-state index in [0.717, 1.165) is 60.8 Å². The number of rotatable bonds is 3. The maximum Gasteiger partial charge on any atom is 0.176 e. The van der Waals surface area contributed by atoms with E-state index < -0.39 is 0 Å². The molecule has 0 aromatic carbocycles. The molecule has 0 fully saturated rings. The van der Waals surface area contributed by atoms with Gasteiger partial charge in [0.1, 0.15) is 16.9 Å². The van der Waals surface area contributed by atoms with Crippen molar-refractivity contribution < 1.29 is 4.39 Å². The number of nitrogens with zero attached hydrogens (tertiary/aromatic N) is 5. The number of aromatic nitrogens is 7. The minimum Gasteiger partial charge on any atom is -0.338 e. The van der Waals surface area contributed by atoms with Gasteiger partial charge in [0.2, 0.25) is 0 Å². The van der Waals surface area contributed by atoms with Crippen LogP contribution in [0.4, 0.5) is 4.39 Å². The van der Waals surface area contributed by atoms with Gasteiger partial charge in [0.25, 0.3) is 0 Å². The Balaban J connectivity index is 1.52. The highest BCUT2D eigenvalue weighted by Gasteiger charge is 2.16. The van der Waals surface area contributed by atoms with Gasteiger partial charge in [-0.25, -0.2) is 9.97 Å². The lowest BCUT2D eigenvalue weighted by Crippen LogP contribution is -1.86. The average molecular weight is 415 g/mol. The summed E-state index contributed by atoms with van der Waals surface area (Å²) in [5.74, 6) is 0. The number of H-pyrrole nitrogens is 2. The summed E-state index contributed by atoms with van der Waals surface area (Å²) in [6.07, 6.45) is 5.43. The van der Waals surface area contributed by atoms with Gasteiger partial charge in [0.15, 0.2) is 5.13 Å². The Morgan fingerprint density at radius 2 is 2.07 bits per heavy atom. The Bertz CT molecular complexity index is 1540. The molecule has 0 aliphatic rings. The zero-order valence-corrected chi connectivity index (χ0v) is 16.5. The molecule has 2 N–H and O–H groups in total. The molecule has 6 rings (SSSR count). The summed E-state index contributed by atoms with van der Waals surface area (Å²) < 4.78 is 15.3. The van der Waals surface area contributed by atoms with Crippen molar-refractivity contribution in [2.75, 3.05) is 0 Å². The highest BCUT2D eigenvalue weighted by molar-refractivity contribution is 7.14. The van der Waals surface area contributed by atoms with Crippen molar-refractivity contribution in [3.63, 3.8) is 0 Å². The van der Waals surface area contributed by atoms with Gasteiger partial charge in [-0.15, -0.1) is 11.3 Å². The van der Waals surface area contributed by atoms with Crippen LogP contribution in [0.5, 0.6) is 0 Å². The van der Waals surface area contributed by atoms with Gasteiger partial charge >= 0.3 is 0 Å². The molecule has 6 aromatic heterocycles. The molecule has 6 aromatic rings. The molecule has 0 amide bonds. The summed E-state index contributed by atoms with van der Waals surface area (Å²) in [6.45, 7) is 0. The zero-order chi connectivity index (χ0) is 20.2. The molecule has 0 saturated heterocycles. The topological polar surface area (TPSA) is 88.1 Å². The highest BCUT2D eigenvalue weighted by atomic mass is 32.1. The van der Waals surface area contributed by atoms with E-state index in [1.807, 2.05) is 37.5 Å². The molecule has 0 radical (unpaired) electrons. The summed E-state index contributed by atoms with van der Waals surface area (Å²) in [5, 5.41) is 12.4. The molecular weight excluding hydrogens is 401 g/mol. The molecule has 0 bridgehead atoms. The Labute approximate surface area is 173 Å². The van der Waals surface area contributed by atoms with Gasteiger partial charge in [0.05, 0.1) is 23.1 Å². The summed E-state index contributed by atoms with van der Waals surface area (Å²) in [7, 11) is 1.87. The molecule has 0 aliphatic heterocycles. The first-order chi connectivity index (χ1) is 14.7. The highest BCUT2D eigenvalue weighted by Crippen LogP contribution is 2.35. The van der Waals surface area contributed by atoms with E-state index in [1.54, 1.807) is 23.1 Å². The quantitative estimate of drug-likeness (QED) is 0.436. The van der Waals surface area contributed by atoms with Crippen LogP contribution >= 0.6 is 11.3 Å². The summed E-state index contributed by atoms with van der Waals surface area (Å²) >= 11 is 1.12. The number of thiophene rings is 1. The SMILES string of the molecule is Cn1cc(-c2ccc3[nH]nc(-c4cc5c(-c6ccc(F)s6)ccnc5[nH]4)c3n2)cn1. The van der Waals surface area contributed by atoms with E-state index >= 15 is 0 Å². The van der Waals surface area contributed by atoms with Gasteiger partial charge in [-0.05, 0) is 36.4 Å². The van der Waals surface area contributed by atoms with E-state index in [2.05, 4.69) is 25.3 Å². The van der Waals surface area contributed by atoms with Gasteiger partial charge < -0.3 is 4.98 Å². The van der Waals surface area contributed by atoms with Crippen molar-refractivity contribution in [1.82, 2.24) is 34.9 Å². The van der Waals surface area contributed by atoms with Crippen molar-refractivity contribution in [3.05, 3.63) is 60.1 Å². The first kappa shape index (κ1) is 17.0. The van der Waals surface area contributed by atoms with Crippen molar-refractivity contribution in [2.24, 2.45) is 7.05 Å². The molecule has 6 heterocycles. The van der Waals surface area contributed by atoms with Crippen molar-refractivity contribution in [2.45, 2.75) is 0 Å². The van der Waals surface area contributed by atoms with Crippen LogP contribution in [-0.2, 0) is 7.05 Å². The monoisotopic (exact) mass is 415 g/mol. The number of fused-ring (bicyclic) bond motifs is 2. The maximum atomic E-state index is 13.6. The molecule has 0 saturated carbocycles. The van der Waals surface area contributed by atoms with Gasteiger partial charge in [-0.1, -0.05) is 0 Å². The number of aryl methyl sites for hydroxylation is 1. The maximum absolute atomic E-state index is 13.6. The van der Waals surface area contributed by atoms with Crippen molar-refractivity contribution in [3.8, 4) is 33.1 Å². The fraction of sp³-hybridized carbons (Fsp3) is 0.0476. The van der Waals surface area contributed by atoms with Crippen LogP contribution in [-0.4, -0.2) is 34.9 Å².